The van der Waals surface area contributed by atoms with Gasteiger partial charge in [0, 0.05) is 44.5 Å². The molecule has 89 heavy (non-hydrogen) atoms. The molecule has 0 unspecified atom stereocenters. The number of hydrogen-bond acceptors (Lipinski definition) is 8. The fourth-order valence-electron chi connectivity index (χ4n) is 12.5. The molecule has 0 radical (unpaired) electrons. The van der Waals surface area contributed by atoms with Crippen molar-refractivity contribution in [2.24, 2.45) is 0 Å². The van der Waals surface area contributed by atoms with Gasteiger partial charge in [-0.25, -0.2) is 39.9 Å². The highest BCUT2D eigenvalue weighted by atomic mass is 14.9. The van der Waals surface area contributed by atoms with Gasteiger partial charge in [-0.15, -0.1) is 0 Å². The van der Waals surface area contributed by atoms with Crippen molar-refractivity contribution in [3.05, 3.63) is 338 Å². The lowest BCUT2D eigenvalue weighted by atomic mass is 9.64. The summed E-state index contributed by atoms with van der Waals surface area (Å²) in [5.74, 6) is 0. The number of benzene rings is 12. The van der Waals surface area contributed by atoms with Crippen LogP contribution in [0.5, 0.6) is 0 Å². The molecular formula is C81H52N8. The summed E-state index contributed by atoms with van der Waals surface area (Å²) in [6.45, 7) is 0. The summed E-state index contributed by atoms with van der Waals surface area (Å²) in [6.07, 6.45) is 0. The Labute approximate surface area is 514 Å². The first-order valence-corrected chi connectivity index (χ1v) is 29.8. The lowest BCUT2D eigenvalue weighted by Gasteiger charge is -2.37. The molecule has 4 heterocycles. The molecule has 0 saturated heterocycles. The SMILES string of the molecule is c1ccc(-c2nc3ccccc3nc2-c2ccc(C(c3ccc(-c4nc5ccccc5nc4-c4ccccc4)cc3)(c3ccc(-c4nc5ccccc5nc4-c4ccccc4)cc3)c3ccc(-c4nc5ccccc5nc4-c4ccccc4)cc3)cc2)cc1. The van der Waals surface area contributed by atoms with Crippen LogP contribution >= 0.6 is 0 Å². The number of fused-ring (bicyclic) bond motifs is 4. The number of nitrogens with zero attached hydrogens (tertiary/aromatic N) is 8. The Balaban J connectivity index is 0.936. The topological polar surface area (TPSA) is 103 Å². The van der Waals surface area contributed by atoms with E-state index in [0.717, 1.165) is 156 Å². The van der Waals surface area contributed by atoms with Gasteiger partial charge in [0.05, 0.1) is 95.1 Å². The molecule has 8 nitrogen and oxygen atoms in total. The van der Waals surface area contributed by atoms with Gasteiger partial charge < -0.3 is 0 Å². The van der Waals surface area contributed by atoms with Gasteiger partial charge in [-0.2, -0.15) is 0 Å². The quantitative estimate of drug-likeness (QED) is 0.111. The third-order valence-electron chi connectivity index (χ3n) is 16.8. The molecule has 4 aromatic heterocycles. The Morgan fingerprint density at radius 2 is 0.270 bits per heavy atom. The Morgan fingerprint density at radius 3 is 0.427 bits per heavy atom. The highest BCUT2D eigenvalue weighted by molar-refractivity contribution is 5.91. The number of aromatic nitrogens is 8. The number of hydrogen-bond donors (Lipinski definition) is 0. The van der Waals surface area contributed by atoms with Crippen molar-refractivity contribution in [3.8, 4) is 90.1 Å². The molecule has 0 spiro atoms. The maximum Gasteiger partial charge on any atom is 0.0973 e. The highest BCUT2D eigenvalue weighted by Crippen LogP contribution is 2.48. The van der Waals surface area contributed by atoms with Gasteiger partial charge in [0.2, 0.25) is 0 Å². The average molecular weight is 1140 g/mol. The summed E-state index contributed by atoms with van der Waals surface area (Å²) in [5.41, 5.74) is 24.0. The van der Waals surface area contributed by atoms with Crippen molar-refractivity contribution in [1.82, 2.24) is 39.9 Å². The van der Waals surface area contributed by atoms with E-state index < -0.39 is 5.41 Å². The Bertz CT molecular complexity index is 4590. The van der Waals surface area contributed by atoms with E-state index >= 15 is 0 Å². The predicted octanol–water partition coefficient (Wildman–Crippen LogP) is 19.2. The summed E-state index contributed by atoms with van der Waals surface area (Å²) in [5, 5.41) is 0. The predicted molar refractivity (Wildman–Crippen MR) is 361 cm³/mol. The Morgan fingerprint density at radius 1 is 0.135 bits per heavy atom. The van der Waals surface area contributed by atoms with Crippen LogP contribution in [-0.4, -0.2) is 39.9 Å². The van der Waals surface area contributed by atoms with Crippen LogP contribution in [0.1, 0.15) is 22.3 Å². The first kappa shape index (κ1) is 52.5. The minimum absolute atomic E-state index is 0.798. The monoisotopic (exact) mass is 1140 g/mol. The minimum atomic E-state index is -0.961. The van der Waals surface area contributed by atoms with Crippen molar-refractivity contribution in [1.29, 1.82) is 0 Å². The van der Waals surface area contributed by atoms with E-state index in [1.165, 1.54) is 0 Å². The molecule has 0 saturated carbocycles. The molecule has 0 aliphatic rings. The van der Waals surface area contributed by atoms with Crippen molar-refractivity contribution in [3.63, 3.8) is 0 Å². The molecule has 416 valence electrons. The number of rotatable bonds is 12. The fourth-order valence-corrected chi connectivity index (χ4v) is 12.5. The molecule has 0 atom stereocenters. The average Bonchev–Trinajstić information content (AvgIpc) is 2.13. The van der Waals surface area contributed by atoms with Crippen LogP contribution in [0.3, 0.4) is 0 Å². The van der Waals surface area contributed by atoms with E-state index in [1.807, 2.05) is 170 Å². The molecule has 16 aromatic rings. The molecule has 0 bridgehead atoms. The molecule has 0 aliphatic heterocycles. The standard InChI is InChI=1S/C81H52N8/c1-5-21-53(22-6-1)73-77(86-69-33-17-13-29-65(69)82-73)57-37-45-61(46-38-57)81(62-47-39-58(40-48-62)78-74(54-23-7-2-8-24-54)83-66-30-14-18-34-70(66)87-78,63-49-41-59(42-50-63)79-75(55-25-9-3-10-26-55)84-67-31-15-19-35-71(67)88-79)64-51-43-60(44-52-64)80-76(56-27-11-4-12-28-56)85-68-32-16-20-36-72(68)89-80/h1-52H. The van der Waals surface area contributed by atoms with E-state index in [4.69, 9.17) is 39.9 Å². The zero-order chi connectivity index (χ0) is 59.1. The van der Waals surface area contributed by atoms with Crippen molar-refractivity contribution >= 4 is 44.1 Å². The molecule has 0 N–H and O–H groups in total. The summed E-state index contributed by atoms with van der Waals surface area (Å²) >= 11 is 0. The van der Waals surface area contributed by atoms with Crippen LogP contribution in [0, 0.1) is 0 Å². The van der Waals surface area contributed by atoms with Crippen molar-refractivity contribution in [2.75, 3.05) is 0 Å². The Hall–Kier alpha value is -12.0. The van der Waals surface area contributed by atoms with E-state index in [2.05, 4.69) is 146 Å². The van der Waals surface area contributed by atoms with Crippen LogP contribution in [0.15, 0.2) is 315 Å². The molecule has 0 fully saturated rings. The zero-order valence-electron chi connectivity index (χ0n) is 48.1. The smallest absolute Gasteiger partial charge is 0.0973 e. The summed E-state index contributed by atoms with van der Waals surface area (Å²) in [6, 6.07) is 109. The number of para-hydroxylation sites is 8. The van der Waals surface area contributed by atoms with E-state index in [9.17, 15) is 0 Å². The third kappa shape index (κ3) is 9.62. The van der Waals surface area contributed by atoms with E-state index in [1.54, 1.807) is 0 Å². The van der Waals surface area contributed by atoms with Gasteiger partial charge in [-0.3, -0.25) is 0 Å². The van der Waals surface area contributed by atoms with Crippen LogP contribution in [0.25, 0.3) is 134 Å². The van der Waals surface area contributed by atoms with Gasteiger partial charge in [-0.1, -0.05) is 267 Å². The van der Waals surface area contributed by atoms with Gasteiger partial charge in [0.25, 0.3) is 0 Å². The minimum Gasteiger partial charge on any atom is -0.244 e. The van der Waals surface area contributed by atoms with Crippen LogP contribution in [-0.2, 0) is 5.41 Å². The second-order valence-electron chi connectivity index (χ2n) is 22.2. The van der Waals surface area contributed by atoms with Crippen LogP contribution in [0.2, 0.25) is 0 Å². The first-order valence-electron chi connectivity index (χ1n) is 29.8. The summed E-state index contributed by atoms with van der Waals surface area (Å²) < 4.78 is 0. The van der Waals surface area contributed by atoms with Gasteiger partial charge in [0.1, 0.15) is 0 Å². The van der Waals surface area contributed by atoms with Crippen molar-refractivity contribution in [2.45, 2.75) is 5.41 Å². The normalized spacial score (nSPS) is 11.6. The Kier molecular flexibility index (Phi) is 13.3. The third-order valence-corrected chi connectivity index (χ3v) is 16.8. The van der Waals surface area contributed by atoms with Crippen molar-refractivity contribution < 1.29 is 0 Å². The second-order valence-corrected chi connectivity index (χ2v) is 22.2. The second kappa shape index (κ2) is 22.4. The summed E-state index contributed by atoms with van der Waals surface area (Å²) in [4.78, 5) is 42.5. The van der Waals surface area contributed by atoms with Crippen LogP contribution < -0.4 is 0 Å². The van der Waals surface area contributed by atoms with E-state index in [0.29, 0.717) is 0 Å². The van der Waals surface area contributed by atoms with E-state index in [-0.39, 0.29) is 0 Å². The molecule has 8 heteroatoms. The van der Waals surface area contributed by atoms with Gasteiger partial charge in [0.15, 0.2) is 0 Å². The molecule has 12 aromatic carbocycles. The molecule has 0 amide bonds. The first-order chi connectivity index (χ1) is 44.1. The lowest BCUT2D eigenvalue weighted by Crippen LogP contribution is -2.31. The molecule has 16 rings (SSSR count). The van der Waals surface area contributed by atoms with Crippen LogP contribution in [0.4, 0.5) is 0 Å². The lowest BCUT2D eigenvalue weighted by molar-refractivity contribution is 0.745. The maximum absolute atomic E-state index is 5.35. The highest BCUT2D eigenvalue weighted by Gasteiger charge is 2.39. The van der Waals surface area contributed by atoms with Gasteiger partial charge in [-0.05, 0) is 70.8 Å². The maximum atomic E-state index is 5.35. The zero-order valence-corrected chi connectivity index (χ0v) is 48.1. The van der Waals surface area contributed by atoms with Gasteiger partial charge >= 0.3 is 0 Å². The largest absolute Gasteiger partial charge is 0.244 e. The summed E-state index contributed by atoms with van der Waals surface area (Å²) in [7, 11) is 0. The fraction of sp³-hybridized carbons (Fsp3) is 0.0123. The molecule has 0 aliphatic carbocycles. The molecular weight excluding hydrogens is 1080 g/mol.